The van der Waals surface area contributed by atoms with Crippen molar-refractivity contribution in [2.75, 3.05) is 0 Å². The summed E-state index contributed by atoms with van der Waals surface area (Å²) >= 11 is 9.29. The maximum atomic E-state index is 5.89. The molecule has 0 aliphatic heterocycles. The number of aromatic nitrogens is 2. The lowest BCUT2D eigenvalue weighted by molar-refractivity contribution is 0.242. The van der Waals surface area contributed by atoms with E-state index in [1.807, 2.05) is 31.2 Å². The van der Waals surface area contributed by atoms with E-state index in [9.17, 15) is 0 Å². The van der Waals surface area contributed by atoms with E-state index >= 15 is 0 Å². The number of aryl methyl sites for hydroxylation is 1. The van der Waals surface area contributed by atoms with Gasteiger partial charge in [-0.3, -0.25) is 0 Å². The van der Waals surface area contributed by atoms with E-state index < -0.39 is 0 Å². The lowest BCUT2D eigenvalue weighted by atomic mass is 10.1. The number of hydrogen-bond acceptors (Lipinski definition) is 4. The van der Waals surface area contributed by atoms with E-state index in [-0.39, 0.29) is 6.61 Å². The molecular weight excluding hydrogens is 368 g/mol. The largest absolute Gasteiger partial charge is 0.483 e. The fourth-order valence-electron chi connectivity index (χ4n) is 1.95. The van der Waals surface area contributed by atoms with Crippen molar-refractivity contribution in [3.63, 3.8) is 0 Å². The van der Waals surface area contributed by atoms with E-state index in [1.165, 1.54) is 0 Å². The number of hydrogen-bond donors (Lipinski definition) is 0. The molecule has 1 heterocycles. The molecule has 3 rings (SSSR count). The van der Waals surface area contributed by atoms with Gasteiger partial charge in [0.25, 0.3) is 5.89 Å². The summed E-state index contributed by atoms with van der Waals surface area (Å²) in [7, 11) is 0. The number of rotatable bonds is 4. The van der Waals surface area contributed by atoms with Crippen LogP contribution in [0.1, 0.15) is 11.5 Å². The first-order valence-corrected chi connectivity index (χ1v) is 7.76. The van der Waals surface area contributed by atoms with E-state index in [1.54, 1.807) is 18.2 Å². The molecule has 0 fully saturated rings. The molecule has 2 aromatic carbocycles. The molecule has 0 atom stereocenters. The zero-order valence-electron chi connectivity index (χ0n) is 11.7. The molecule has 1 aromatic heterocycles. The Morgan fingerprint density at radius 3 is 2.86 bits per heavy atom. The highest BCUT2D eigenvalue weighted by atomic mass is 79.9. The van der Waals surface area contributed by atoms with Crippen molar-refractivity contribution in [2.45, 2.75) is 13.5 Å². The summed E-state index contributed by atoms with van der Waals surface area (Å²) in [5, 5.41) is 4.62. The monoisotopic (exact) mass is 378 g/mol. The van der Waals surface area contributed by atoms with Crippen LogP contribution in [0.5, 0.6) is 5.75 Å². The van der Waals surface area contributed by atoms with Crippen LogP contribution in [0, 0.1) is 6.92 Å². The molecule has 3 aromatic rings. The highest BCUT2D eigenvalue weighted by Crippen LogP contribution is 2.28. The van der Waals surface area contributed by atoms with Crippen LogP contribution in [0.25, 0.3) is 11.4 Å². The topological polar surface area (TPSA) is 48.2 Å². The normalized spacial score (nSPS) is 10.7. The molecule has 22 heavy (non-hydrogen) atoms. The van der Waals surface area contributed by atoms with Gasteiger partial charge in [-0.05, 0) is 47.1 Å². The third-order valence-corrected chi connectivity index (χ3v) is 3.84. The molecule has 4 nitrogen and oxygen atoms in total. The van der Waals surface area contributed by atoms with Crippen molar-refractivity contribution in [1.82, 2.24) is 10.1 Å². The van der Waals surface area contributed by atoms with Crippen molar-refractivity contribution in [3.8, 4) is 17.1 Å². The smallest absolute Gasteiger partial charge is 0.264 e. The van der Waals surface area contributed by atoms with Crippen molar-refractivity contribution in [1.29, 1.82) is 0 Å². The second-order valence-corrected chi connectivity index (χ2v) is 6.04. The summed E-state index contributed by atoms with van der Waals surface area (Å²) in [6.45, 7) is 2.21. The van der Waals surface area contributed by atoms with Gasteiger partial charge in [-0.2, -0.15) is 4.98 Å². The Balaban J connectivity index is 1.72. The van der Waals surface area contributed by atoms with Gasteiger partial charge in [0.2, 0.25) is 5.82 Å². The Morgan fingerprint density at radius 2 is 2.09 bits per heavy atom. The Hall–Kier alpha value is -1.85. The molecule has 0 radical (unpaired) electrons. The third kappa shape index (κ3) is 3.48. The Labute approximate surface area is 141 Å². The zero-order valence-corrected chi connectivity index (χ0v) is 14.1. The minimum absolute atomic E-state index is 0.194. The highest BCUT2D eigenvalue weighted by Gasteiger charge is 2.10. The fourth-order valence-corrected chi connectivity index (χ4v) is 2.74. The van der Waals surface area contributed by atoms with Crippen LogP contribution in [0.3, 0.4) is 0 Å². The molecule has 0 amide bonds. The second-order valence-electron chi connectivity index (χ2n) is 4.74. The van der Waals surface area contributed by atoms with Gasteiger partial charge in [0, 0.05) is 10.6 Å². The number of ether oxygens (including phenoxy) is 1. The molecule has 0 N–H and O–H groups in total. The summed E-state index contributed by atoms with van der Waals surface area (Å²) in [4.78, 5) is 4.34. The number of halogens is 2. The van der Waals surface area contributed by atoms with E-state index in [0.717, 1.165) is 15.6 Å². The van der Waals surface area contributed by atoms with Crippen LogP contribution in [-0.4, -0.2) is 10.1 Å². The first-order valence-electron chi connectivity index (χ1n) is 6.59. The van der Waals surface area contributed by atoms with Crippen LogP contribution >= 0.6 is 27.5 Å². The minimum atomic E-state index is 0.194. The average Bonchev–Trinajstić information content (AvgIpc) is 2.95. The predicted octanol–water partition coefficient (Wildman–Crippen LogP) is 5.04. The van der Waals surface area contributed by atoms with Crippen molar-refractivity contribution in [2.24, 2.45) is 0 Å². The Bertz CT molecular complexity index is 804. The van der Waals surface area contributed by atoms with Gasteiger partial charge in [-0.25, -0.2) is 0 Å². The van der Waals surface area contributed by atoms with Crippen molar-refractivity contribution < 1.29 is 9.26 Å². The molecular formula is C16H12BrClN2O2. The molecule has 0 bridgehead atoms. The third-order valence-electron chi connectivity index (χ3n) is 2.99. The first-order chi connectivity index (χ1) is 10.6. The second kappa shape index (κ2) is 6.50. The summed E-state index contributed by atoms with van der Waals surface area (Å²) in [6, 6.07) is 13.2. The molecule has 0 saturated heterocycles. The van der Waals surface area contributed by atoms with Crippen molar-refractivity contribution >= 4 is 27.5 Å². The average molecular weight is 380 g/mol. The maximum absolute atomic E-state index is 5.89. The van der Waals surface area contributed by atoms with E-state index in [4.69, 9.17) is 20.9 Å². The predicted molar refractivity (Wildman–Crippen MR) is 88.0 cm³/mol. The SMILES string of the molecule is Cc1cccc(-c2noc(COc3ccc(Cl)cc3Br)n2)c1. The quantitative estimate of drug-likeness (QED) is 0.637. The summed E-state index contributed by atoms with van der Waals surface area (Å²) in [5.74, 6) is 1.63. The first kappa shape index (κ1) is 15.1. The Kier molecular flexibility index (Phi) is 4.45. The lowest BCUT2D eigenvalue weighted by Gasteiger charge is -2.05. The van der Waals surface area contributed by atoms with Gasteiger partial charge in [-0.1, -0.05) is 40.5 Å². The zero-order chi connectivity index (χ0) is 15.5. The number of benzene rings is 2. The van der Waals surface area contributed by atoms with E-state index in [0.29, 0.717) is 22.5 Å². The molecule has 6 heteroatoms. The van der Waals surface area contributed by atoms with Crippen LogP contribution in [-0.2, 0) is 6.61 Å². The standard InChI is InChI=1S/C16H12BrClN2O2/c1-10-3-2-4-11(7-10)16-19-15(22-20-16)9-21-14-6-5-12(18)8-13(14)17/h2-8H,9H2,1H3. The van der Waals surface area contributed by atoms with Crippen LogP contribution in [0.15, 0.2) is 51.5 Å². The van der Waals surface area contributed by atoms with Crippen LogP contribution in [0.4, 0.5) is 0 Å². The molecule has 0 unspecified atom stereocenters. The number of nitrogens with zero attached hydrogens (tertiary/aromatic N) is 2. The highest BCUT2D eigenvalue weighted by molar-refractivity contribution is 9.10. The molecule has 0 spiro atoms. The maximum Gasteiger partial charge on any atom is 0.264 e. The van der Waals surface area contributed by atoms with Gasteiger partial charge in [0.15, 0.2) is 6.61 Å². The molecule has 0 aliphatic carbocycles. The summed E-state index contributed by atoms with van der Waals surface area (Å²) in [6.07, 6.45) is 0. The van der Waals surface area contributed by atoms with Gasteiger partial charge in [-0.15, -0.1) is 0 Å². The molecule has 0 aliphatic rings. The van der Waals surface area contributed by atoms with Crippen LogP contribution in [0.2, 0.25) is 5.02 Å². The minimum Gasteiger partial charge on any atom is -0.483 e. The fraction of sp³-hybridized carbons (Fsp3) is 0.125. The van der Waals surface area contributed by atoms with Gasteiger partial charge < -0.3 is 9.26 Å². The van der Waals surface area contributed by atoms with Crippen LogP contribution < -0.4 is 4.74 Å². The molecule has 112 valence electrons. The van der Waals surface area contributed by atoms with Gasteiger partial charge in [0.05, 0.1) is 4.47 Å². The van der Waals surface area contributed by atoms with Gasteiger partial charge >= 0.3 is 0 Å². The molecule has 0 saturated carbocycles. The summed E-state index contributed by atoms with van der Waals surface area (Å²) in [5.41, 5.74) is 2.06. The Morgan fingerprint density at radius 1 is 1.23 bits per heavy atom. The summed E-state index contributed by atoms with van der Waals surface area (Å²) < 4.78 is 11.6. The lowest BCUT2D eigenvalue weighted by Crippen LogP contribution is -1.96. The van der Waals surface area contributed by atoms with Crippen molar-refractivity contribution in [3.05, 3.63) is 63.4 Å². The van der Waals surface area contributed by atoms with Gasteiger partial charge in [0.1, 0.15) is 5.75 Å². The van der Waals surface area contributed by atoms with E-state index in [2.05, 4.69) is 26.1 Å².